The summed E-state index contributed by atoms with van der Waals surface area (Å²) in [5.41, 5.74) is -0.445. The fourth-order valence-electron chi connectivity index (χ4n) is 1.95. The van der Waals surface area contributed by atoms with Gasteiger partial charge in [0.1, 0.15) is 0 Å². The van der Waals surface area contributed by atoms with Crippen molar-refractivity contribution < 1.29 is 13.2 Å². The molecule has 0 radical (unpaired) electrons. The lowest BCUT2D eigenvalue weighted by Gasteiger charge is -2.29. The van der Waals surface area contributed by atoms with E-state index in [9.17, 15) is 8.42 Å². The second-order valence-electron chi connectivity index (χ2n) is 4.87. The second kappa shape index (κ2) is 6.36. The van der Waals surface area contributed by atoms with E-state index in [0.29, 0.717) is 18.9 Å². The first-order valence-electron chi connectivity index (χ1n) is 6.10. The zero-order chi connectivity index (χ0) is 12.9. The Morgan fingerprint density at radius 3 is 2.71 bits per heavy atom. The van der Waals surface area contributed by atoms with Crippen LogP contribution in [-0.2, 0) is 14.8 Å². The van der Waals surface area contributed by atoms with Crippen LogP contribution in [0.15, 0.2) is 0 Å². The molecule has 1 aliphatic rings. The molecule has 1 fully saturated rings. The number of alkyl halides is 1. The third-order valence-corrected chi connectivity index (χ3v) is 5.06. The van der Waals surface area contributed by atoms with Crippen LogP contribution in [0.4, 0.5) is 0 Å². The van der Waals surface area contributed by atoms with E-state index in [-0.39, 0.29) is 11.9 Å². The first-order chi connectivity index (χ1) is 7.91. The van der Waals surface area contributed by atoms with Crippen molar-refractivity contribution >= 4 is 21.6 Å². The summed E-state index contributed by atoms with van der Waals surface area (Å²) in [6.45, 7) is 4.52. The number of hydrogen-bond donors (Lipinski definition) is 1. The molecule has 1 heterocycles. The highest BCUT2D eigenvalue weighted by Gasteiger charge is 2.30. The summed E-state index contributed by atoms with van der Waals surface area (Å²) in [6.07, 6.45) is 3.00. The van der Waals surface area contributed by atoms with Gasteiger partial charge in [-0.2, -0.15) is 0 Å². The number of sulfonamides is 1. The van der Waals surface area contributed by atoms with Gasteiger partial charge in [0, 0.05) is 18.0 Å². The summed E-state index contributed by atoms with van der Waals surface area (Å²) in [6, 6.07) is 0. The van der Waals surface area contributed by atoms with Crippen LogP contribution in [0.1, 0.15) is 39.5 Å². The van der Waals surface area contributed by atoms with E-state index in [1.165, 1.54) is 0 Å². The van der Waals surface area contributed by atoms with Crippen LogP contribution in [0.2, 0.25) is 0 Å². The average molecular weight is 284 g/mol. The van der Waals surface area contributed by atoms with Crippen molar-refractivity contribution in [2.24, 2.45) is 0 Å². The smallest absolute Gasteiger partial charge is 0.214 e. The van der Waals surface area contributed by atoms with Gasteiger partial charge in [0.15, 0.2) is 0 Å². The van der Waals surface area contributed by atoms with Crippen LogP contribution in [-0.4, -0.2) is 38.3 Å². The van der Waals surface area contributed by atoms with Gasteiger partial charge < -0.3 is 4.74 Å². The van der Waals surface area contributed by atoms with Crippen molar-refractivity contribution in [2.75, 3.05) is 18.2 Å². The number of nitrogens with one attached hydrogen (secondary N) is 1. The highest BCUT2D eigenvalue weighted by atomic mass is 35.5. The molecule has 0 aromatic rings. The van der Waals surface area contributed by atoms with Gasteiger partial charge in [-0.1, -0.05) is 6.92 Å². The van der Waals surface area contributed by atoms with E-state index in [0.717, 1.165) is 19.3 Å². The molecule has 4 nitrogen and oxygen atoms in total. The Labute approximate surface area is 109 Å². The van der Waals surface area contributed by atoms with Gasteiger partial charge in [0.05, 0.1) is 11.9 Å². The molecule has 0 bridgehead atoms. The maximum atomic E-state index is 12.0. The Bertz CT molecular complexity index is 328. The minimum atomic E-state index is -3.29. The second-order valence-corrected chi connectivity index (χ2v) is 7.02. The molecule has 0 aromatic carbocycles. The number of rotatable bonds is 7. The molecule has 0 aromatic heterocycles. The molecule has 2 unspecified atom stereocenters. The lowest BCUT2D eigenvalue weighted by molar-refractivity contribution is 0.127. The molecule has 0 saturated carbocycles. The van der Waals surface area contributed by atoms with E-state index >= 15 is 0 Å². The van der Waals surface area contributed by atoms with Crippen LogP contribution < -0.4 is 4.72 Å². The predicted molar refractivity (Wildman–Crippen MR) is 69.9 cm³/mol. The minimum Gasteiger partial charge on any atom is -0.377 e. The Kier molecular flexibility index (Phi) is 5.70. The quantitative estimate of drug-likeness (QED) is 0.726. The predicted octanol–water partition coefficient (Wildman–Crippen LogP) is 1.88. The van der Waals surface area contributed by atoms with E-state index < -0.39 is 15.6 Å². The molecule has 17 heavy (non-hydrogen) atoms. The Morgan fingerprint density at radius 1 is 1.53 bits per heavy atom. The fraction of sp³-hybridized carbons (Fsp3) is 1.00. The zero-order valence-corrected chi connectivity index (χ0v) is 12.1. The summed E-state index contributed by atoms with van der Waals surface area (Å²) in [4.78, 5) is 0. The Balaban J connectivity index is 2.57. The molecular formula is C11H22ClNO3S. The number of hydrogen-bond acceptors (Lipinski definition) is 3. The molecule has 6 heteroatoms. The highest BCUT2D eigenvalue weighted by Crippen LogP contribution is 2.19. The SMILES string of the molecule is CCC(C)(CCCl)NS(=O)(=O)CC1CCCO1. The third kappa shape index (κ3) is 5.12. The molecule has 0 aliphatic carbocycles. The summed E-state index contributed by atoms with van der Waals surface area (Å²) in [5, 5.41) is 0. The molecule has 2 atom stereocenters. The van der Waals surface area contributed by atoms with Crippen molar-refractivity contribution in [3.8, 4) is 0 Å². The molecular weight excluding hydrogens is 262 g/mol. The summed E-state index contributed by atoms with van der Waals surface area (Å²) in [7, 11) is -3.29. The lowest BCUT2D eigenvalue weighted by Crippen LogP contribution is -2.48. The number of ether oxygens (including phenoxy) is 1. The number of halogens is 1. The van der Waals surface area contributed by atoms with Gasteiger partial charge in [-0.25, -0.2) is 13.1 Å². The first-order valence-corrected chi connectivity index (χ1v) is 8.29. The van der Waals surface area contributed by atoms with E-state index in [1.54, 1.807) is 0 Å². The molecule has 0 spiro atoms. The maximum Gasteiger partial charge on any atom is 0.214 e. The molecule has 102 valence electrons. The van der Waals surface area contributed by atoms with Crippen LogP contribution in [0, 0.1) is 0 Å². The van der Waals surface area contributed by atoms with E-state index in [1.807, 2.05) is 13.8 Å². The lowest BCUT2D eigenvalue weighted by atomic mass is 9.97. The van der Waals surface area contributed by atoms with Crippen molar-refractivity contribution in [1.29, 1.82) is 0 Å². The fourth-order valence-corrected chi connectivity index (χ4v) is 4.20. The maximum absolute atomic E-state index is 12.0. The topological polar surface area (TPSA) is 55.4 Å². The third-order valence-electron chi connectivity index (χ3n) is 3.26. The van der Waals surface area contributed by atoms with Crippen LogP contribution >= 0.6 is 11.6 Å². The van der Waals surface area contributed by atoms with Crippen LogP contribution in [0.3, 0.4) is 0 Å². The van der Waals surface area contributed by atoms with Crippen molar-refractivity contribution in [3.05, 3.63) is 0 Å². The van der Waals surface area contributed by atoms with E-state index in [4.69, 9.17) is 16.3 Å². The standard InChI is InChI=1S/C11H22ClNO3S/c1-3-11(2,6-7-12)13-17(14,15)9-10-5-4-8-16-10/h10,13H,3-9H2,1-2H3. The van der Waals surface area contributed by atoms with Crippen LogP contribution in [0.25, 0.3) is 0 Å². The van der Waals surface area contributed by atoms with Crippen molar-refractivity contribution in [1.82, 2.24) is 4.72 Å². The monoisotopic (exact) mass is 283 g/mol. The van der Waals surface area contributed by atoms with Gasteiger partial charge in [-0.3, -0.25) is 0 Å². The van der Waals surface area contributed by atoms with Crippen molar-refractivity contribution in [2.45, 2.75) is 51.2 Å². The van der Waals surface area contributed by atoms with E-state index in [2.05, 4.69) is 4.72 Å². The normalized spacial score (nSPS) is 24.8. The molecule has 1 saturated heterocycles. The van der Waals surface area contributed by atoms with Gasteiger partial charge in [0.2, 0.25) is 10.0 Å². The molecule has 1 aliphatic heterocycles. The Hall–Kier alpha value is 0.160. The highest BCUT2D eigenvalue weighted by molar-refractivity contribution is 7.89. The van der Waals surface area contributed by atoms with Gasteiger partial charge in [0.25, 0.3) is 0 Å². The minimum absolute atomic E-state index is 0.0604. The summed E-state index contributed by atoms with van der Waals surface area (Å²) in [5.74, 6) is 0.512. The first kappa shape index (κ1) is 15.2. The van der Waals surface area contributed by atoms with Crippen molar-refractivity contribution in [3.63, 3.8) is 0 Å². The zero-order valence-electron chi connectivity index (χ0n) is 10.5. The molecule has 0 amide bonds. The average Bonchev–Trinajstić information content (AvgIpc) is 2.69. The molecule has 1 N–H and O–H groups in total. The van der Waals surface area contributed by atoms with Gasteiger partial charge >= 0.3 is 0 Å². The summed E-state index contributed by atoms with van der Waals surface area (Å²) < 4.78 is 32.1. The van der Waals surface area contributed by atoms with Crippen LogP contribution in [0.5, 0.6) is 0 Å². The Morgan fingerprint density at radius 2 is 2.24 bits per heavy atom. The summed E-state index contributed by atoms with van der Waals surface area (Å²) >= 11 is 5.70. The largest absolute Gasteiger partial charge is 0.377 e. The molecule has 1 rings (SSSR count). The van der Waals surface area contributed by atoms with Gasteiger partial charge in [-0.15, -0.1) is 11.6 Å². The van der Waals surface area contributed by atoms with Gasteiger partial charge in [-0.05, 0) is 32.6 Å².